The van der Waals surface area contributed by atoms with E-state index in [1.807, 2.05) is 54.6 Å². The van der Waals surface area contributed by atoms with Gasteiger partial charge in [-0.05, 0) is 42.0 Å². The zero-order valence-electron chi connectivity index (χ0n) is 18.6. The van der Waals surface area contributed by atoms with Gasteiger partial charge < -0.3 is 9.30 Å². The molecule has 0 N–H and O–H groups in total. The lowest BCUT2D eigenvalue weighted by atomic mass is 10.1. The van der Waals surface area contributed by atoms with E-state index in [4.69, 9.17) is 32.9 Å². The van der Waals surface area contributed by atoms with E-state index in [1.54, 1.807) is 42.5 Å². The number of benzene rings is 4. The quantitative estimate of drug-likeness (QED) is 0.177. The van der Waals surface area contributed by atoms with Crippen LogP contribution >= 0.6 is 23.2 Å². The van der Waals surface area contributed by atoms with E-state index in [0.29, 0.717) is 28.0 Å². The molecule has 0 fully saturated rings. The van der Waals surface area contributed by atoms with Crippen LogP contribution in [0.4, 0.5) is 0 Å². The van der Waals surface area contributed by atoms with Crippen LogP contribution in [0.1, 0.15) is 27.3 Å². The van der Waals surface area contributed by atoms with Gasteiger partial charge in [0.05, 0.1) is 26.6 Å². The number of esters is 1. The summed E-state index contributed by atoms with van der Waals surface area (Å²) >= 11 is 12.8. The standard InChI is InChI=1S/C29H20Cl2N2O2/c30-23-14-6-4-12-21(23)27(35-29(34)22-13-5-7-15-24(22)31)18-28-32-25-16-8-9-17-26(25)33(28)19-20-10-2-1-3-11-20/h1-18H,19H2. The highest BCUT2D eigenvalue weighted by molar-refractivity contribution is 6.34. The molecule has 6 heteroatoms. The Morgan fingerprint density at radius 1 is 0.771 bits per heavy atom. The van der Waals surface area contributed by atoms with Crippen molar-refractivity contribution in [2.45, 2.75) is 6.54 Å². The van der Waals surface area contributed by atoms with Gasteiger partial charge in [0.25, 0.3) is 0 Å². The molecule has 4 nitrogen and oxygen atoms in total. The number of carbonyl (C=O) groups excluding carboxylic acids is 1. The molecule has 0 bridgehead atoms. The topological polar surface area (TPSA) is 44.1 Å². The summed E-state index contributed by atoms with van der Waals surface area (Å²) in [6.07, 6.45) is 1.75. The van der Waals surface area contributed by atoms with E-state index in [0.717, 1.165) is 16.6 Å². The van der Waals surface area contributed by atoms with Crippen LogP contribution in [0.5, 0.6) is 0 Å². The first-order valence-corrected chi connectivity index (χ1v) is 11.8. The normalized spacial score (nSPS) is 11.5. The van der Waals surface area contributed by atoms with Gasteiger partial charge in [0, 0.05) is 18.2 Å². The number of hydrogen-bond acceptors (Lipinski definition) is 3. The highest BCUT2D eigenvalue weighted by Crippen LogP contribution is 2.30. The average molecular weight is 499 g/mol. The number of nitrogens with zero attached hydrogens (tertiary/aromatic N) is 2. The Balaban J connectivity index is 1.64. The molecule has 4 aromatic carbocycles. The van der Waals surface area contributed by atoms with Crippen molar-refractivity contribution >= 4 is 52.0 Å². The summed E-state index contributed by atoms with van der Waals surface area (Å²) in [7, 11) is 0. The van der Waals surface area contributed by atoms with Gasteiger partial charge in [0.15, 0.2) is 0 Å². The molecule has 0 amide bonds. The van der Waals surface area contributed by atoms with Crippen molar-refractivity contribution in [2.24, 2.45) is 0 Å². The van der Waals surface area contributed by atoms with Crippen LogP contribution in [0, 0.1) is 0 Å². The maximum Gasteiger partial charge on any atom is 0.345 e. The number of ether oxygens (including phenoxy) is 1. The Morgan fingerprint density at radius 3 is 2.09 bits per heavy atom. The second kappa shape index (κ2) is 10.2. The number of para-hydroxylation sites is 2. The lowest BCUT2D eigenvalue weighted by Gasteiger charge is -2.13. The number of hydrogen-bond donors (Lipinski definition) is 0. The summed E-state index contributed by atoms with van der Waals surface area (Å²) in [6, 6.07) is 32.0. The second-order valence-corrected chi connectivity index (χ2v) is 8.70. The molecule has 0 saturated heterocycles. The maximum atomic E-state index is 13.1. The first-order chi connectivity index (χ1) is 17.1. The molecular weight excluding hydrogens is 479 g/mol. The summed E-state index contributed by atoms with van der Waals surface area (Å²) < 4.78 is 7.98. The number of aromatic nitrogens is 2. The molecule has 0 radical (unpaired) electrons. The van der Waals surface area contributed by atoms with E-state index in [9.17, 15) is 4.79 Å². The molecule has 0 unspecified atom stereocenters. The zero-order chi connectivity index (χ0) is 24.2. The van der Waals surface area contributed by atoms with Crippen molar-refractivity contribution in [2.75, 3.05) is 0 Å². The number of imidazole rings is 1. The predicted molar refractivity (Wildman–Crippen MR) is 141 cm³/mol. The Bertz CT molecular complexity index is 1540. The van der Waals surface area contributed by atoms with Gasteiger partial charge in [-0.3, -0.25) is 0 Å². The second-order valence-electron chi connectivity index (χ2n) is 7.89. The van der Waals surface area contributed by atoms with Crippen molar-refractivity contribution in [3.63, 3.8) is 0 Å². The van der Waals surface area contributed by atoms with E-state index in [1.165, 1.54) is 0 Å². The molecule has 0 aliphatic carbocycles. The Hall–Kier alpha value is -3.86. The monoisotopic (exact) mass is 498 g/mol. The number of fused-ring (bicyclic) bond motifs is 1. The Kier molecular flexibility index (Phi) is 6.66. The Morgan fingerprint density at radius 2 is 1.37 bits per heavy atom. The third-order valence-electron chi connectivity index (χ3n) is 5.56. The molecule has 1 heterocycles. The summed E-state index contributed by atoms with van der Waals surface area (Å²) in [4.78, 5) is 17.9. The van der Waals surface area contributed by atoms with Gasteiger partial charge in [-0.1, -0.05) is 89.9 Å². The molecule has 0 spiro atoms. The predicted octanol–water partition coefficient (Wildman–Crippen LogP) is 7.75. The van der Waals surface area contributed by atoms with Crippen LogP contribution in [0.2, 0.25) is 10.0 Å². The van der Waals surface area contributed by atoms with Gasteiger partial charge in [-0.2, -0.15) is 0 Å². The number of carbonyl (C=O) groups is 1. The third kappa shape index (κ3) is 4.99. The van der Waals surface area contributed by atoms with Crippen molar-refractivity contribution in [3.05, 3.63) is 136 Å². The lowest BCUT2D eigenvalue weighted by molar-refractivity contribution is 0.0694. The van der Waals surface area contributed by atoms with Gasteiger partial charge in [0.2, 0.25) is 0 Å². The van der Waals surface area contributed by atoms with Crippen molar-refractivity contribution < 1.29 is 9.53 Å². The van der Waals surface area contributed by atoms with E-state index in [-0.39, 0.29) is 11.3 Å². The molecular formula is C29H20Cl2N2O2. The molecule has 172 valence electrons. The van der Waals surface area contributed by atoms with Crippen LogP contribution in [0.25, 0.3) is 22.9 Å². The summed E-state index contributed by atoms with van der Waals surface area (Å²) in [5.74, 6) is 0.342. The maximum absolute atomic E-state index is 13.1. The molecule has 5 aromatic rings. The molecule has 35 heavy (non-hydrogen) atoms. The van der Waals surface area contributed by atoms with Gasteiger partial charge >= 0.3 is 5.97 Å². The summed E-state index contributed by atoms with van der Waals surface area (Å²) in [6.45, 7) is 0.599. The first kappa shape index (κ1) is 22.9. The number of halogens is 2. The fourth-order valence-electron chi connectivity index (χ4n) is 3.86. The summed E-state index contributed by atoms with van der Waals surface area (Å²) in [5.41, 5.74) is 3.78. The van der Waals surface area contributed by atoms with Gasteiger partial charge in [-0.25, -0.2) is 9.78 Å². The minimum atomic E-state index is -0.576. The van der Waals surface area contributed by atoms with Crippen molar-refractivity contribution in [1.82, 2.24) is 9.55 Å². The number of rotatable bonds is 6. The molecule has 0 saturated carbocycles. The van der Waals surface area contributed by atoms with E-state index < -0.39 is 5.97 Å². The molecule has 0 aliphatic heterocycles. The van der Waals surface area contributed by atoms with Crippen LogP contribution in [-0.2, 0) is 11.3 Å². The SMILES string of the molecule is O=C(OC(=Cc1nc2ccccc2n1Cc1ccccc1)c1ccccc1Cl)c1ccccc1Cl. The zero-order valence-corrected chi connectivity index (χ0v) is 20.1. The smallest absolute Gasteiger partial charge is 0.345 e. The largest absolute Gasteiger partial charge is 0.422 e. The fourth-order valence-corrected chi connectivity index (χ4v) is 4.30. The minimum absolute atomic E-state index is 0.268. The lowest BCUT2D eigenvalue weighted by Crippen LogP contribution is -2.07. The van der Waals surface area contributed by atoms with Gasteiger partial charge in [-0.15, -0.1) is 0 Å². The third-order valence-corrected chi connectivity index (χ3v) is 6.22. The summed E-state index contributed by atoms with van der Waals surface area (Å²) in [5, 5.41) is 0.767. The van der Waals surface area contributed by atoms with Crippen LogP contribution in [-0.4, -0.2) is 15.5 Å². The molecule has 0 atom stereocenters. The average Bonchev–Trinajstić information content (AvgIpc) is 3.21. The highest BCUT2D eigenvalue weighted by atomic mass is 35.5. The fraction of sp³-hybridized carbons (Fsp3) is 0.0345. The van der Waals surface area contributed by atoms with Crippen LogP contribution < -0.4 is 0 Å². The van der Waals surface area contributed by atoms with Crippen molar-refractivity contribution in [1.29, 1.82) is 0 Å². The molecule has 1 aromatic heterocycles. The highest BCUT2D eigenvalue weighted by Gasteiger charge is 2.19. The molecule has 0 aliphatic rings. The van der Waals surface area contributed by atoms with Gasteiger partial charge in [0.1, 0.15) is 11.6 Å². The van der Waals surface area contributed by atoms with Crippen LogP contribution in [0.3, 0.4) is 0 Å². The Labute approximate surface area is 213 Å². The minimum Gasteiger partial charge on any atom is -0.422 e. The van der Waals surface area contributed by atoms with Crippen molar-refractivity contribution in [3.8, 4) is 0 Å². The van der Waals surface area contributed by atoms with Crippen LogP contribution in [0.15, 0.2) is 103 Å². The first-order valence-electron chi connectivity index (χ1n) is 11.0. The molecule has 5 rings (SSSR count). The van der Waals surface area contributed by atoms with E-state index >= 15 is 0 Å². The van der Waals surface area contributed by atoms with E-state index in [2.05, 4.69) is 16.7 Å².